The largest absolute Gasteiger partial charge is 0.364 e. The Hall–Kier alpha value is -2.75. The molecule has 0 atom stereocenters. The van der Waals surface area contributed by atoms with Crippen LogP contribution < -0.4 is 5.32 Å². The third-order valence-electron chi connectivity index (χ3n) is 3.81. The molecular formula is C21H28N4. The maximum absolute atomic E-state index is 4.78. The van der Waals surface area contributed by atoms with Crippen molar-refractivity contribution in [2.75, 3.05) is 33.5 Å². The monoisotopic (exact) mass is 336 g/mol. The fraction of sp³-hybridized carbons (Fsp3) is 0.286. The predicted molar refractivity (Wildman–Crippen MR) is 109 cm³/mol. The predicted octanol–water partition coefficient (Wildman–Crippen LogP) is 4.41. The zero-order chi connectivity index (χ0) is 18.4. The van der Waals surface area contributed by atoms with Crippen LogP contribution >= 0.6 is 0 Å². The Labute approximate surface area is 151 Å². The highest BCUT2D eigenvalue weighted by Crippen LogP contribution is 2.16. The quantitative estimate of drug-likeness (QED) is 0.648. The van der Waals surface area contributed by atoms with E-state index in [9.17, 15) is 0 Å². The molecule has 0 aromatic heterocycles. The molecule has 0 aliphatic heterocycles. The molecule has 0 aliphatic rings. The van der Waals surface area contributed by atoms with Crippen LogP contribution in [0.3, 0.4) is 0 Å². The summed E-state index contributed by atoms with van der Waals surface area (Å²) < 4.78 is 0. The lowest BCUT2D eigenvalue weighted by atomic mass is 10.2. The van der Waals surface area contributed by atoms with E-state index in [2.05, 4.69) is 61.6 Å². The maximum Gasteiger partial charge on any atom is 0.132 e. The number of anilines is 1. The fourth-order valence-corrected chi connectivity index (χ4v) is 2.20. The zero-order valence-corrected chi connectivity index (χ0v) is 16.0. The maximum atomic E-state index is 4.78. The fourth-order valence-electron chi connectivity index (χ4n) is 2.20. The molecule has 0 radical (unpaired) electrons. The Morgan fingerprint density at radius 1 is 0.800 bits per heavy atom. The number of nitrogens with zero attached hydrogens (tertiary/aromatic N) is 3. The van der Waals surface area contributed by atoms with Crippen molar-refractivity contribution < 1.29 is 0 Å². The van der Waals surface area contributed by atoms with E-state index in [1.54, 1.807) is 0 Å². The number of hydrogen-bond acceptors (Lipinski definition) is 3. The van der Waals surface area contributed by atoms with Gasteiger partial charge in [-0.1, -0.05) is 35.4 Å². The van der Waals surface area contributed by atoms with Crippen LogP contribution in [0, 0.1) is 13.8 Å². The van der Waals surface area contributed by atoms with Gasteiger partial charge < -0.3 is 15.1 Å². The summed E-state index contributed by atoms with van der Waals surface area (Å²) in [4.78, 5) is 8.84. The van der Waals surface area contributed by atoms with Crippen molar-refractivity contribution in [1.29, 1.82) is 0 Å². The summed E-state index contributed by atoms with van der Waals surface area (Å²) in [6, 6.07) is 16.6. The molecule has 132 valence electrons. The number of amidine groups is 1. The smallest absolute Gasteiger partial charge is 0.132 e. The van der Waals surface area contributed by atoms with Crippen LogP contribution in [-0.2, 0) is 0 Å². The van der Waals surface area contributed by atoms with Crippen LogP contribution in [0.2, 0.25) is 0 Å². The molecule has 2 aromatic carbocycles. The van der Waals surface area contributed by atoms with E-state index in [1.807, 2.05) is 50.1 Å². The molecule has 1 N–H and O–H groups in total. The zero-order valence-electron chi connectivity index (χ0n) is 16.0. The topological polar surface area (TPSA) is 30.9 Å². The van der Waals surface area contributed by atoms with Gasteiger partial charge >= 0.3 is 0 Å². The molecule has 0 heterocycles. The summed E-state index contributed by atoms with van der Waals surface area (Å²) in [5, 5.41) is 3.47. The molecule has 0 amide bonds. The summed E-state index contributed by atoms with van der Waals surface area (Å²) in [5.74, 6) is 1.86. The van der Waals surface area contributed by atoms with E-state index in [0.717, 1.165) is 23.0 Å². The third kappa shape index (κ3) is 5.68. The SMILES string of the molecule is Cc1ccc(N=C(/C=C(\Nc2ccc(C)cc2)N(C)C)N(C)C)cc1. The second-order valence-corrected chi connectivity index (χ2v) is 6.62. The number of aliphatic imine (C=N–C) groups is 1. The van der Waals surface area contributed by atoms with Crippen LogP contribution in [0.1, 0.15) is 11.1 Å². The van der Waals surface area contributed by atoms with Gasteiger partial charge in [0.25, 0.3) is 0 Å². The van der Waals surface area contributed by atoms with Gasteiger partial charge in [-0.25, -0.2) is 4.99 Å². The summed E-state index contributed by atoms with van der Waals surface area (Å²) in [6.07, 6.45) is 2.06. The number of rotatable bonds is 5. The van der Waals surface area contributed by atoms with Gasteiger partial charge in [0.05, 0.1) is 5.69 Å². The highest BCUT2D eigenvalue weighted by atomic mass is 15.2. The molecule has 0 bridgehead atoms. The van der Waals surface area contributed by atoms with E-state index in [-0.39, 0.29) is 0 Å². The van der Waals surface area contributed by atoms with Crippen molar-refractivity contribution >= 4 is 17.2 Å². The Balaban J connectivity index is 2.33. The molecule has 4 heteroatoms. The number of nitrogens with one attached hydrogen (secondary N) is 1. The molecule has 2 aromatic rings. The average molecular weight is 336 g/mol. The number of benzene rings is 2. The Kier molecular flexibility index (Phi) is 6.23. The molecule has 0 unspecified atom stereocenters. The van der Waals surface area contributed by atoms with Gasteiger partial charge in [-0.05, 0) is 38.1 Å². The summed E-state index contributed by atoms with van der Waals surface area (Å²) in [5.41, 5.74) is 4.48. The Morgan fingerprint density at radius 3 is 1.80 bits per heavy atom. The van der Waals surface area contributed by atoms with E-state index < -0.39 is 0 Å². The second kappa shape index (κ2) is 8.38. The van der Waals surface area contributed by atoms with Gasteiger partial charge in [0, 0.05) is 40.0 Å². The summed E-state index contributed by atoms with van der Waals surface area (Å²) in [6.45, 7) is 4.17. The standard InChI is InChI=1S/C21H28N4/c1-16-7-11-18(12-8-16)22-20(24(3)4)15-21(25(5)6)23-19-13-9-17(2)10-14-19/h7-15,22H,1-6H3/b20-15+,23-21?. The third-order valence-corrected chi connectivity index (χ3v) is 3.81. The first kappa shape index (κ1) is 18.6. The first-order chi connectivity index (χ1) is 11.8. The first-order valence-corrected chi connectivity index (χ1v) is 8.40. The molecule has 2 rings (SSSR count). The van der Waals surface area contributed by atoms with E-state index in [4.69, 9.17) is 4.99 Å². The average Bonchev–Trinajstić information content (AvgIpc) is 2.57. The minimum atomic E-state index is 0.882. The highest BCUT2D eigenvalue weighted by Gasteiger charge is 2.06. The lowest BCUT2D eigenvalue weighted by molar-refractivity contribution is 0.517. The van der Waals surface area contributed by atoms with Crippen LogP contribution in [0.25, 0.3) is 0 Å². The van der Waals surface area contributed by atoms with Crippen molar-refractivity contribution in [3.05, 3.63) is 71.6 Å². The number of hydrogen-bond donors (Lipinski definition) is 1. The number of aryl methyl sites for hydroxylation is 2. The van der Waals surface area contributed by atoms with Crippen molar-refractivity contribution in [2.24, 2.45) is 4.99 Å². The molecular weight excluding hydrogens is 308 g/mol. The van der Waals surface area contributed by atoms with Crippen LogP contribution in [0.4, 0.5) is 11.4 Å². The van der Waals surface area contributed by atoms with Crippen molar-refractivity contribution in [3.63, 3.8) is 0 Å². The first-order valence-electron chi connectivity index (χ1n) is 8.40. The van der Waals surface area contributed by atoms with Crippen molar-refractivity contribution in [2.45, 2.75) is 13.8 Å². The van der Waals surface area contributed by atoms with E-state index in [0.29, 0.717) is 0 Å². The van der Waals surface area contributed by atoms with E-state index >= 15 is 0 Å². The van der Waals surface area contributed by atoms with Gasteiger partial charge in [-0.15, -0.1) is 0 Å². The van der Waals surface area contributed by atoms with E-state index in [1.165, 1.54) is 11.1 Å². The molecule has 0 aliphatic carbocycles. The Morgan fingerprint density at radius 2 is 1.32 bits per heavy atom. The van der Waals surface area contributed by atoms with Crippen molar-refractivity contribution in [3.8, 4) is 0 Å². The minimum absolute atomic E-state index is 0.882. The highest BCUT2D eigenvalue weighted by molar-refractivity contribution is 5.95. The normalized spacial score (nSPS) is 12.1. The van der Waals surface area contributed by atoms with Crippen LogP contribution in [-0.4, -0.2) is 43.8 Å². The molecule has 4 nitrogen and oxygen atoms in total. The van der Waals surface area contributed by atoms with Gasteiger partial charge in [-0.2, -0.15) is 0 Å². The van der Waals surface area contributed by atoms with Gasteiger partial charge in [0.1, 0.15) is 11.7 Å². The van der Waals surface area contributed by atoms with Gasteiger partial charge in [0.15, 0.2) is 0 Å². The lowest BCUT2D eigenvalue weighted by Crippen LogP contribution is -2.25. The lowest BCUT2D eigenvalue weighted by Gasteiger charge is -2.21. The summed E-state index contributed by atoms with van der Waals surface area (Å²) >= 11 is 0. The molecule has 0 saturated carbocycles. The molecule has 0 spiro atoms. The minimum Gasteiger partial charge on any atom is -0.364 e. The molecule has 0 fully saturated rings. The number of likely N-dealkylation sites (N-methyl/N-ethyl adjacent to an activating group) is 1. The van der Waals surface area contributed by atoms with Gasteiger partial charge in [0.2, 0.25) is 0 Å². The van der Waals surface area contributed by atoms with Gasteiger partial charge in [-0.3, -0.25) is 0 Å². The van der Waals surface area contributed by atoms with Crippen LogP contribution in [0.5, 0.6) is 0 Å². The molecule has 25 heavy (non-hydrogen) atoms. The molecule has 0 saturated heterocycles. The summed E-state index contributed by atoms with van der Waals surface area (Å²) in [7, 11) is 8.05. The second-order valence-electron chi connectivity index (χ2n) is 6.62. The van der Waals surface area contributed by atoms with Crippen LogP contribution in [0.15, 0.2) is 65.4 Å². The Bertz CT molecular complexity index is 738. The van der Waals surface area contributed by atoms with Crippen molar-refractivity contribution in [1.82, 2.24) is 9.80 Å².